The van der Waals surface area contributed by atoms with Gasteiger partial charge in [-0.2, -0.15) is 0 Å². The first-order valence-corrected chi connectivity index (χ1v) is 4.02. The molecule has 0 aromatic heterocycles. The molecule has 0 aromatic rings. The van der Waals surface area contributed by atoms with Gasteiger partial charge in [0.25, 0.3) is 0 Å². The van der Waals surface area contributed by atoms with Gasteiger partial charge in [0.15, 0.2) is 0 Å². The molecule has 0 rings (SSSR count). The lowest BCUT2D eigenvalue weighted by atomic mass is 10.1. The molecule has 0 atom stereocenters. The molecule has 70 valence electrons. The van der Waals surface area contributed by atoms with Crippen LogP contribution in [0.25, 0.3) is 0 Å². The highest BCUT2D eigenvalue weighted by Crippen LogP contribution is 2.12. The van der Waals surface area contributed by atoms with Crippen molar-refractivity contribution in [2.24, 2.45) is 0 Å². The molecule has 0 heterocycles. The smallest absolute Gasteiger partial charge is 0.0903 e. The van der Waals surface area contributed by atoms with Crippen molar-refractivity contribution in [1.29, 1.82) is 0 Å². The molecular formula is C10H18O2. The van der Waals surface area contributed by atoms with E-state index in [-0.39, 0.29) is 5.60 Å². The molecule has 0 amide bonds. The average molecular weight is 170 g/mol. The van der Waals surface area contributed by atoms with Gasteiger partial charge in [0.1, 0.15) is 0 Å². The van der Waals surface area contributed by atoms with Gasteiger partial charge in [-0.15, -0.1) is 6.58 Å². The van der Waals surface area contributed by atoms with E-state index in [0.29, 0.717) is 12.4 Å². The van der Waals surface area contributed by atoms with E-state index in [1.165, 1.54) is 0 Å². The van der Waals surface area contributed by atoms with Crippen molar-refractivity contribution in [1.82, 2.24) is 0 Å². The zero-order valence-electron chi connectivity index (χ0n) is 8.35. The van der Waals surface area contributed by atoms with Crippen LogP contribution in [-0.2, 0) is 4.74 Å². The highest BCUT2D eigenvalue weighted by molar-refractivity contribution is 5.03. The summed E-state index contributed by atoms with van der Waals surface area (Å²) in [5.41, 5.74) is 0.529. The summed E-state index contributed by atoms with van der Waals surface area (Å²) >= 11 is 0. The molecule has 0 fully saturated rings. The summed E-state index contributed by atoms with van der Waals surface area (Å²) < 4.78 is 5.47. The maximum absolute atomic E-state index is 9.06. The van der Waals surface area contributed by atoms with E-state index in [4.69, 9.17) is 9.84 Å². The van der Waals surface area contributed by atoms with Crippen molar-refractivity contribution in [2.45, 2.75) is 33.3 Å². The molecule has 0 aliphatic rings. The van der Waals surface area contributed by atoms with E-state index >= 15 is 0 Å². The molecule has 0 aliphatic carbocycles. The van der Waals surface area contributed by atoms with E-state index in [1.807, 2.05) is 20.8 Å². The number of aliphatic hydroxyl groups excluding tert-OH is 1. The Hall–Kier alpha value is -0.760. The molecule has 1 N–H and O–H groups in total. The zero-order chi connectivity index (χ0) is 9.78. The highest BCUT2D eigenvalue weighted by atomic mass is 16.5. The number of aliphatic hydroxyl groups is 1. The van der Waals surface area contributed by atoms with Crippen LogP contribution in [0.1, 0.15) is 27.7 Å². The minimum Gasteiger partial charge on any atom is -0.513 e. The quantitative estimate of drug-likeness (QED) is 0.519. The Balaban J connectivity index is 4.00. The Labute approximate surface area is 74.6 Å². The van der Waals surface area contributed by atoms with Gasteiger partial charge in [0, 0.05) is 0 Å². The van der Waals surface area contributed by atoms with Crippen LogP contribution in [0.3, 0.4) is 0 Å². The molecular weight excluding hydrogens is 152 g/mol. The van der Waals surface area contributed by atoms with Crippen molar-refractivity contribution >= 4 is 0 Å². The molecule has 0 aromatic carbocycles. The van der Waals surface area contributed by atoms with Gasteiger partial charge in [0.05, 0.1) is 18.0 Å². The monoisotopic (exact) mass is 170 g/mol. The third kappa shape index (κ3) is 4.19. The molecule has 2 heteroatoms. The van der Waals surface area contributed by atoms with Gasteiger partial charge in [-0.05, 0) is 33.3 Å². The summed E-state index contributed by atoms with van der Waals surface area (Å²) in [6, 6.07) is 0. The van der Waals surface area contributed by atoms with E-state index in [9.17, 15) is 0 Å². The Bertz CT molecular complexity index is 186. The van der Waals surface area contributed by atoms with Crippen LogP contribution >= 0.6 is 0 Å². The zero-order valence-corrected chi connectivity index (χ0v) is 8.35. The van der Waals surface area contributed by atoms with Crippen molar-refractivity contribution in [3.05, 3.63) is 24.0 Å². The van der Waals surface area contributed by atoms with Gasteiger partial charge in [0.2, 0.25) is 0 Å². The molecule has 0 aliphatic heterocycles. The highest BCUT2D eigenvalue weighted by Gasteiger charge is 2.12. The lowest BCUT2D eigenvalue weighted by Gasteiger charge is -2.21. The second-order valence-electron chi connectivity index (χ2n) is 3.46. The van der Waals surface area contributed by atoms with E-state index in [0.717, 1.165) is 5.57 Å². The second kappa shape index (κ2) is 4.31. The van der Waals surface area contributed by atoms with E-state index in [1.54, 1.807) is 13.0 Å². The summed E-state index contributed by atoms with van der Waals surface area (Å²) in [6.45, 7) is 11.5. The van der Waals surface area contributed by atoms with Crippen LogP contribution in [0.5, 0.6) is 0 Å². The second-order valence-corrected chi connectivity index (χ2v) is 3.46. The molecule has 0 bridgehead atoms. The number of hydrogen-bond acceptors (Lipinski definition) is 2. The van der Waals surface area contributed by atoms with E-state index < -0.39 is 0 Å². The van der Waals surface area contributed by atoms with Gasteiger partial charge in [-0.25, -0.2) is 0 Å². The third-order valence-electron chi connectivity index (χ3n) is 1.77. The van der Waals surface area contributed by atoms with Crippen LogP contribution in [0.2, 0.25) is 0 Å². The number of allylic oxidation sites excluding steroid dienone is 1. The molecule has 0 unspecified atom stereocenters. The van der Waals surface area contributed by atoms with Crippen molar-refractivity contribution < 1.29 is 9.84 Å². The summed E-state index contributed by atoms with van der Waals surface area (Å²) in [7, 11) is 0. The van der Waals surface area contributed by atoms with Crippen LogP contribution in [-0.4, -0.2) is 17.3 Å². The van der Waals surface area contributed by atoms with Crippen LogP contribution < -0.4 is 0 Å². The Morgan fingerprint density at radius 2 is 2.00 bits per heavy atom. The lowest BCUT2D eigenvalue weighted by Crippen LogP contribution is -2.21. The Morgan fingerprint density at radius 3 is 2.33 bits per heavy atom. The first-order valence-electron chi connectivity index (χ1n) is 4.02. The largest absolute Gasteiger partial charge is 0.513 e. The van der Waals surface area contributed by atoms with E-state index in [2.05, 4.69) is 6.58 Å². The van der Waals surface area contributed by atoms with Crippen molar-refractivity contribution in [2.75, 3.05) is 6.61 Å². The maximum atomic E-state index is 9.06. The topological polar surface area (TPSA) is 29.5 Å². The number of rotatable bonds is 4. The Kier molecular flexibility index (Phi) is 4.04. The summed E-state index contributed by atoms with van der Waals surface area (Å²) in [6.07, 6.45) is 1.74. The minimum atomic E-state index is -0.323. The van der Waals surface area contributed by atoms with Gasteiger partial charge in [-0.3, -0.25) is 0 Å². The molecule has 0 saturated carbocycles. The fourth-order valence-corrected chi connectivity index (χ4v) is 0.458. The van der Waals surface area contributed by atoms with Gasteiger partial charge in [-0.1, -0.05) is 6.08 Å². The number of hydrogen-bond donors (Lipinski definition) is 1. The standard InChI is InChI=1S/C10H18O2/c1-6-10(4,5)12-7-8(2)9(3)11/h6,11H,1,7H2,2-5H3. The SMILES string of the molecule is C=CC(C)(C)OCC(C)=C(C)O. The Morgan fingerprint density at radius 1 is 1.50 bits per heavy atom. The number of ether oxygens (including phenoxy) is 1. The lowest BCUT2D eigenvalue weighted by molar-refractivity contribution is 0.0337. The fourth-order valence-electron chi connectivity index (χ4n) is 0.458. The first-order chi connectivity index (χ1) is 5.39. The van der Waals surface area contributed by atoms with Crippen molar-refractivity contribution in [3.63, 3.8) is 0 Å². The molecule has 0 saturated heterocycles. The van der Waals surface area contributed by atoms with Gasteiger partial charge >= 0.3 is 0 Å². The normalized spacial score (nSPS) is 14.0. The van der Waals surface area contributed by atoms with Gasteiger partial charge < -0.3 is 9.84 Å². The van der Waals surface area contributed by atoms with Crippen LogP contribution in [0.15, 0.2) is 24.0 Å². The predicted octanol–water partition coefficient (Wildman–Crippen LogP) is 2.82. The minimum absolute atomic E-state index is 0.323. The average Bonchev–Trinajstić information content (AvgIpc) is 2.00. The van der Waals surface area contributed by atoms with Crippen LogP contribution in [0, 0.1) is 0 Å². The molecule has 2 nitrogen and oxygen atoms in total. The van der Waals surface area contributed by atoms with Crippen LogP contribution in [0.4, 0.5) is 0 Å². The predicted molar refractivity (Wildman–Crippen MR) is 51.2 cm³/mol. The summed E-state index contributed by atoms with van der Waals surface area (Å²) in [5.74, 6) is 0.329. The molecule has 12 heavy (non-hydrogen) atoms. The molecule has 0 spiro atoms. The van der Waals surface area contributed by atoms with Crippen molar-refractivity contribution in [3.8, 4) is 0 Å². The summed E-state index contributed by atoms with van der Waals surface area (Å²) in [4.78, 5) is 0. The third-order valence-corrected chi connectivity index (χ3v) is 1.77. The maximum Gasteiger partial charge on any atom is 0.0903 e. The first kappa shape index (κ1) is 11.2. The molecule has 0 radical (unpaired) electrons. The fraction of sp³-hybridized carbons (Fsp3) is 0.600. The summed E-state index contributed by atoms with van der Waals surface area (Å²) in [5, 5.41) is 9.06.